The number of nitrogens with zero attached hydrogens (tertiary/aromatic N) is 1. The van der Waals surface area contributed by atoms with Gasteiger partial charge in [0, 0.05) is 16.8 Å². The summed E-state index contributed by atoms with van der Waals surface area (Å²) in [5, 5.41) is 25.1. The molecule has 0 aliphatic heterocycles. The lowest BCUT2D eigenvalue weighted by Crippen LogP contribution is -2.11. The van der Waals surface area contributed by atoms with E-state index in [4.69, 9.17) is 0 Å². The Hall–Kier alpha value is -2.24. The molecule has 5 heteroatoms. The molecule has 0 bridgehead atoms. The second kappa shape index (κ2) is 6.08. The van der Waals surface area contributed by atoms with Gasteiger partial charge in [0.1, 0.15) is 5.69 Å². The Balaban J connectivity index is 2.25. The summed E-state index contributed by atoms with van der Waals surface area (Å²) in [6, 6.07) is 13.6. The highest BCUT2D eigenvalue weighted by atomic mass is 16.3. The first kappa shape index (κ1) is 13.2. The van der Waals surface area contributed by atoms with Gasteiger partial charge in [0.25, 0.3) is 0 Å². The molecule has 0 radical (unpaired) electrons. The van der Waals surface area contributed by atoms with Gasteiger partial charge in [-0.2, -0.15) is 0 Å². The summed E-state index contributed by atoms with van der Waals surface area (Å²) in [6.45, 7) is -0.135. The van der Waals surface area contributed by atoms with E-state index < -0.39 is 6.23 Å². The van der Waals surface area contributed by atoms with Crippen molar-refractivity contribution in [3.8, 4) is 0 Å². The molecule has 1 atom stereocenters. The standard InChI is InChI=1S/C14H14N2O3/c17-9-10-5-1-3-7-12(10)15-14(18)11-6-2-4-8-13(11)16-19/h1-8,14-15,17-18H,9H2. The van der Waals surface area contributed by atoms with E-state index in [1.807, 2.05) is 0 Å². The van der Waals surface area contributed by atoms with Gasteiger partial charge in [0.15, 0.2) is 6.23 Å². The fourth-order valence-electron chi connectivity index (χ4n) is 1.83. The second-order valence-electron chi connectivity index (χ2n) is 4.01. The van der Waals surface area contributed by atoms with Crippen LogP contribution in [0.15, 0.2) is 53.7 Å². The number of benzene rings is 2. The number of aliphatic hydroxyl groups excluding tert-OH is 2. The Morgan fingerprint density at radius 1 is 1.11 bits per heavy atom. The molecule has 0 aliphatic rings. The molecule has 5 nitrogen and oxygen atoms in total. The molecule has 0 saturated carbocycles. The van der Waals surface area contributed by atoms with Gasteiger partial charge < -0.3 is 15.5 Å². The van der Waals surface area contributed by atoms with E-state index in [1.54, 1.807) is 42.5 Å². The fraction of sp³-hybridized carbons (Fsp3) is 0.143. The Morgan fingerprint density at radius 2 is 1.79 bits per heavy atom. The number of anilines is 1. The topological polar surface area (TPSA) is 81.9 Å². The molecule has 19 heavy (non-hydrogen) atoms. The summed E-state index contributed by atoms with van der Waals surface area (Å²) in [6.07, 6.45) is -1.07. The minimum absolute atomic E-state index is 0.135. The Morgan fingerprint density at radius 3 is 2.53 bits per heavy atom. The van der Waals surface area contributed by atoms with E-state index in [1.165, 1.54) is 6.07 Å². The van der Waals surface area contributed by atoms with Gasteiger partial charge in [-0.3, -0.25) is 0 Å². The van der Waals surface area contributed by atoms with Gasteiger partial charge in [-0.15, -0.1) is 4.91 Å². The van der Waals surface area contributed by atoms with Crippen molar-refractivity contribution in [1.29, 1.82) is 0 Å². The minimum atomic E-state index is -1.07. The van der Waals surface area contributed by atoms with Crippen LogP contribution >= 0.6 is 0 Å². The van der Waals surface area contributed by atoms with Crippen molar-refractivity contribution in [2.24, 2.45) is 5.18 Å². The second-order valence-corrected chi connectivity index (χ2v) is 4.01. The van der Waals surface area contributed by atoms with Crippen molar-refractivity contribution in [3.63, 3.8) is 0 Å². The fourth-order valence-corrected chi connectivity index (χ4v) is 1.83. The van der Waals surface area contributed by atoms with Crippen LogP contribution in [0.25, 0.3) is 0 Å². The Kier molecular flexibility index (Phi) is 4.22. The zero-order valence-electron chi connectivity index (χ0n) is 10.2. The minimum Gasteiger partial charge on any atom is -0.392 e. The average Bonchev–Trinajstić information content (AvgIpc) is 2.47. The van der Waals surface area contributed by atoms with E-state index >= 15 is 0 Å². The molecule has 98 valence electrons. The molecular formula is C14H14N2O3. The van der Waals surface area contributed by atoms with Gasteiger partial charge in [0.2, 0.25) is 0 Å². The third kappa shape index (κ3) is 2.96. The van der Waals surface area contributed by atoms with Crippen molar-refractivity contribution in [2.75, 3.05) is 5.32 Å². The molecule has 0 aromatic heterocycles. The number of rotatable bonds is 5. The van der Waals surface area contributed by atoms with E-state index in [-0.39, 0.29) is 12.3 Å². The van der Waals surface area contributed by atoms with Gasteiger partial charge in [-0.25, -0.2) is 0 Å². The van der Waals surface area contributed by atoms with Gasteiger partial charge >= 0.3 is 0 Å². The van der Waals surface area contributed by atoms with Crippen molar-refractivity contribution in [2.45, 2.75) is 12.8 Å². The van der Waals surface area contributed by atoms with Gasteiger partial charge in [-0.05, 0) is 17.3 Å². The predicted octanol–water partition coefficient (Wildman–Crippen LogP) is 2.68. The van der Waals surface area contributed by atoms with Crippen LogP contribution in [0.1, 0.15) is 17.4 Å². The summed E-state index contributed by atoms with van der Waals surface area (Å²) < 4.78 is 0. The largest absolute Gasteiger partial charge is 0.392 e. The first-order chi connectivity index (χ1) is 9.26. The van der Waals surface area contributed by atoms with Crippen LogP contribution in [0, 0.1) is 4.91 Å². The van der Waals surface area contributed by atoms with Crippen LogP contribution in [0.2, 0.25) is 0 Å². The molecule has 0 heterocycles. The van der Waals surface area contributed by atoms with E-state index in [9.17, 15) is 15.1 Å². The Labute approximate surface area is 110 Å². The third-order valence-corrected chi connectivity index (χ3v) is 2.81. The van der Waals surface area contributed by atoms with Crippen molar-refractivity contribution in [3.05, 3.63) is 64.6 Å². The highest BCUT2D eigenvalue weighted by Gasteiger charge is 2.13. The number of hydrogen-bond acceptors (Lipinski definition) is 5. The van der Waals surface area contributed by atoms with Crippen LogP contribution in [-0.4, -0.2) is 10.2 Å². The van der Waals surface area contributed by atoms with Crippen LogP contribution in [0.3, 0.4) is 0 Å². The van der Waals surface area contributed by atoms with Gasteiger partial charge in [-0.1, -0.05) is 36.4 Å². The van der Waals surface area contributed by atoms with E-state index in [0.717, 1.165) is 0 Å². The first-order valence-corrected chi connectivity index (χ1v) is 5.82. The van der Waals surface area contributed by atoms with Crippen molar-refractivity contribution >= 4 is 11.4 Å². The van der Waals surface area contributed by atoms with E-state index in [0.29, 0.717) is 16.8 Å². The van der Waals surface area contributed by atoms with Crippen LogP contribution in [-0.2, 0) is 6.61 Å². The lowest BCUT2D eigenvalue weighted by molar-refractivity contribution is 0.208. The number of aliphatic hydroxyl groups is 2. The molecule has 0 aliphatic carbocycles. The normalized spacial score (nSPS) is 11.9. The summed E-state index contributed by atoms with van der Waals surface area (Å²) in [5.41, 5.74) is 1.85. The van der Waals surface area contributed by atoms with Crippen LogP contribution in [0.4, 0.5) is 11.4 Å². The molecule has 0 spiro atoms. The smallest absolute Gasteiger partial charge is 0.153 e. The van der Waals surface area contributed by atoms with Crippen molar-refractivity contribution in [1.82, 2.24) is 0 Å². The monoisotopic (exact) mass is 258 g/mol. The lowest BCUT2D eigenvalue weighted by Gasteiger charge is -2.17. The quantitative estimate of drug-likeness (QED) is 0.569. The highest BCUT2D eigenvalue weighted by molar-refractivity contribution is 5.54. The van der Waals surface area contributed by atoms with Crippen molar-refractivity contribution < 1.29 is 10.2 Å². The molecule has 0 amide bonds. The Bertz CT molecular complexity index is 572. The van der Waals surface area contributed by atoms with Gasteiger partial charge in [0.05, 0.1) is 6.61 Å². The van der Waals surface area contributed by atoms with E-state index in [2.05, 4.69) is 10.5 Å². The lowest BCUT2D eigenvalue weighted by atomic mass is 10.1. The molecule has 0 fully saturated rings. The third-order valence-electron chi connectivity index (χ3n) is 2.81. The van der Waals surface area contributed by atoms with Crippen LogP contribution in [0.5, 0.6) is 0 Å². The molecule has 2 aromatic rings. The SMILES string of the molecule is O=Nc1ccccc1C(O)Nc1ccccc1CO. The zero-order valence-corrected chi connectivity index (χ0v) is 10.2. The highest BCUT2D eigenvalue weighted by Crippen LogP contribution is 2.27. The summed E-state index contributed by atoms with van der Waals surface area (Å²) in [4.78, 5) is 10.7. The number of nitrogens with one attached hydrogen (secondary N) is 1. The maximum atomic E-state index is 10.7. The maximum Gasteiger partial charge on any atom is 0.153 e. The maximum absolute atomic E-state index is 10.7. The molecule has 1 unspecified atom stereocenters. The summed E-state index contributed by atoms with van der Waals surface area (Å²) >= 11 is 0. The summed E-state index contributed by atoms with van der Waals surface area (Å²) in [5.74, 6) is 0. The molecule has 0 saturated heterocycles. The predicted molar refractivity (Wildman–Crippen MR) is 72.8 cm³/mol. The molecule has 3 N–H and O–H groups in total. The molecule has 2 aromatic carbocycles. The first-order valence-electron chi connectivity index (χ1n) is 5.82. The molecule has 2 rings (SSSR count). The molecular weight excluding hydrogens is 244 g/mol. The average molecular weight is 258 g/mol. The number of nitroso groups, excluding NO2 is 1. The summed E-state index contributed by atoms with van der Waals surface area (Å²) in [7, 11) is 0. The number of para-hydroxylation sites is 1. The zero-order chi connectivity index (χ0) is 13.7. The number of hydrogen-bond donors (Lipinski definition) is 3. The van der Waals surface area contributed by atoms with Crippen LogP contribution < -0.4 is 5.32 Å².